The van der Waals surface area contributed by atoms with Gasteiger partial charge in [-0.15, -0.1) is 6.58 Å². The Kier molecular flexibility index (Phi) is 5.09. The van der Waals surface area contributed by atoms with E-state index in [0.29, 0.717) is 12.0 Å². The Morgan fingerprint density at radius 2 is 1.86 bits per heavy atom. The Morgan fingerprint density at radius 3 is 2.62 bits per heavy atom. The fraction of sp³-hybridized carbons (Fsp3) is 0.160. The molecule has 1 amide bonds. The predicted octanol–water partition coefficient (Wildman–Crippen LogP) is 5.80. The molecule has 4 aromatic rings. The van der Waals surface area contributed by atoms with Crippen molar-refractivity contribution < 1.29 is 9.53 Å². The van der Waals surface area contributed by atoms with Crippen molar-refractivity contribution in [3.63, 3.8) is 0 Å². The molecule has 0 aliphatic rings. The number of benzene rings is 3. The third kappa shape index (κ3) is 3.38. The molecule has 1 aromatic heterocycles. The van der Waals surface area contributed by atoms with Crippen molar-refractivity contribution >= 4 is 33.4 Å². The van der Waals surface area contributed by atoms with Crippen molar-refractivity contribution in [1.29, 1.82) is 0 Å². The number of ether oxygens (including phenoxy) is 1. The fourth-order valence-electron chi connectivity index (χ4n) is 3.91. The summed E-state index contributed by atoms with van der Waals surface area (Å²) < 4.78 is 7.66. The summed E-state index contributed by atoms with van der Waals surface area (Å²) in [6.45, 7) is 6.82. The molecule has 0 bridgehead atoms. The molecular formula is C25H24N2O2. The first-order chi connectivity index (χ1) is 14.2. The number of carbonyl (C=O) groups is 1. The molecule has 0 saturated carbocycles. The zero-order chi connectivity index (χ0) is 20.4. The SMILES string of the molecule is C=CCc1cc(C(=O)Nc2ccc3c(c2)c2ccccc2n3CC)ccc1OC. The van der Waals surface area contributed by atoms with Crippen LogP contribution in [0.15, 0.2) is 73.3 Å². The van der Waals surface area contributed by atoms with Gasteiger partial charge in [0.1, 0.15) is 5.75 Å². The minimum Gasteiger partial charge on any atom is -0.496 e. The van der Waals surface area contributed by atoms with E-state index in [1.54, 1.807) is 19.3 Å². The van der Waals surface area contributed by atoms with Gasteiger partial charge in [-0.25, -0.2) is 0 Å². The first-order valence-electron chi connectivity index (χ1n) is 9.76. The number of methoxy groups -OCH3 is 1. The number of nitrogens with one attached hydrogen (secondary N) is 1. The van der Waals surface area contributed by atoms with Crippen LogP contribution in [-0.4, -0.2) is 17.6 Å². The Labute approximate surface area is 170 Å². The highest BCUT2D eigenvalue weighted by Gasteiger charge is 2.13. The topological polar surface area (TPSA) is 43.3 Å². The predicted molar refractivity (Wildman–Crippen MR) is 120 cm³/mol. The smallest absolute Gasteiger partial charge is 0.255 e. The van der Waals surface area contributed by atoms with Crippen LogP contribution in [0.3, 0.4) is 0 Å². The van der Waals surface area contributed by atoms with Crippen LogP contribution >= 0.6 is 0 Å². The van der Waals surface area contributed by atoms with Crippen molar-refractivity contribution in [2.45, 2.75) is 19.9 Å². The summed E-state index contributed by atoms with van der Waals surface area (Å²) in [5, 5.41) is 5.37. The molecule has 0 atom stereocenters. The van der Waals surface area contributed by atoms with Gasteiger partial charge in [0.25, 0.3) is 5.91 Å². The highest BCUT2D eigenvalue weighted by Crippen LogP contribution is 2.31. The van der Waals surface area contributed by atoms with E-state index in [4.69, 9.17) is 4.74 Å². The van der Waals surface area contributed by atoms with Crippen LogP contribution in [0.25, 0.3) is 21.8 Å². The monoisotopic (exact) mass is 384 g/mol. The van der Waals surface area contributed by atoms with E-state index in [-0.39, 0.29) is 5.91 Å². The molecule has 4 nitrogen and oxygen atoms in total. The lowest BCUT2D eigenvalue weighted by atomic mass is 10.1. The van der Waals surface area contributed by atoms with E-state index in [1.165, 1.54) is 16.4 Å². The number of para-hydroxylation sites is 1. The van der Waals surface area contributed by atoms with Gasteiger partial charge in [0.2, 0.25) is 0 Å². The second-order valence-corrected chi connectivity index (χ2v) is 6.97. The van der Waals surface area contributed by atoms with Gasteiger partial charge in [0, 0.05) is 39.6 Å². The fourth-order valence-corrected chi connectivity index (χ4v) is 3.91. The van der Waals surface area contributed by atoms with Gasteiger partial charge in [-0.05, 0) is 61.4 Å². The van der Waals surface area contributed by atoms with Crippen LogP contribution in [0.5, 0.6) is 5.75 Å². The Hall–Kier alpha value is -3.53. The number of rotatable bonds is 6. The average Bonchev–Trinajstić information content (AvgIpc) is 3.07. The van der Waals surface area contributed by atoms with Gasteiger partial charge in [-0.2, -0.15) is 0 Å². The first-order valence-corrected chi connectivity index (χ1v) is 9.76. The molecule has 0 spiro atoms. The van der Waals surface area contributed by atoms with Crippen LogP contribution in [0.1, 0.15) is 22.8 Å². The van der Waals surface area contributed by atoms with E-state index >= 15 is 0 Å². The molecule has 0 aliphatic heterocycles. The minimum atomic E-state index is -0.142. The average molecular weight is 384 g/mol. The molecule has 0 unspecified atom stereocenters. The Morgan fingerprint density at radius 1 is 1.07 bits per heavy atom. The van der Waals surface area contributed by atoms with Gasteiger partial charge < -0.3 is 14.6 Å². The maximum atomic E-state index is 12.8. The van der Waals surface area contributed by atoms with Crippen LogP contribution in [-0.2, 0) is 13.0 Å². The lowest BCUT2D eigenvalue weighted by molar-refractivity contribution is 0.102. The normalized spacial score (nSPS) is 11.0. The number of fused-ring (bicyclic) bond motifs is 3. The third-order valence-corrected chi connectivity index (χ3v) is 5.25. The van der Waals surface area contributed by atoms with Gasteiger partial charge in [0.05, 0.1) is 7.11 Å². The number of anilines is 1. The quantitative estimate of drug-likeness (QED) is 0.427. The maximum Gasteiger partial charge on any atom is 0.255 e. The summed E-state index contributed by atoms with van der Waals surface area (Å²) in [6, 6.07) is 19.9. The van der Waals surface area contributed by atoms with Crippen LogP contribution < -0.4 is 10.1 Å². The zero-order valence-electron chi connectivity index (χ0n) is 16.7. The summed E-state index contributed by atoms with van der Waals surface area (Å²) >= 11 is 0. The molecule has 146 valence electrons. The zero-order valence-corrected chi connectivity index (χ0v) is 16.7. The van der Waals surface area contributed by atoms with Crippen LogP contribution in [0, 0.1) is 0 Å². The molecule has 0 aliphatic carbocycles. The summed E-state index contributed by atoms with van der Waals surface area (Å²) in [7, 11) is 1.63. The molecule has 0 saturated heterocycles. The molecular weight excluding hydrogens is 360 g/mol. The summed E-state index contributed by atoms with van der Waals surface area (Å²) in [5.41, 5.74) is 4.69. The number of hydrogen-bond donors (Lipinski definition) is 1. The molecule has 4 heteroatoms. The maximum absolute atomic E-state index is 12.8. The Balaban J connectivity index is 1.69. The number of allylic oxidation sites excluding steroid dienone is 1. The van der Waals surface area contributed by atoms with Gasteiger partial charge in [-0.1, -0.05) is 24.3 Å². The minimum absolute atomic E-state index is 0.142. The van der Waals surface area contributed by atoms with Gasteiger partial charge in [-0.3, -0.25) is 4.79 Å². The van der Waals surface area contributed by atoms with Crippen molar-refractivity contribution in [2.24, 2.45) is 0 Å². The van der Waals surface area contributed by atoms with Crippen molar-refractivity contribution in [1.82, 2.24) is 4.57 Å². The van der Waals surface area contributed by atoms with E-state index < -0.39 is 0 Å². The van der Waals surface area contributed by atoms with Crippen molar-refractivity contribution in [3.05, 3.63) is 84.4 Å². The van der Waals surface area contributed by atoms with Crippen LogP contribution in [0.2, 0.25) is 0 Å². The highest BCUT2D eigenvalue weighted by atomic mass is 16.5. The van der Waals surface area contributed by atoms with E-state index in [2.05, 4.69) is 53.7 Å². The molecule has 1 N–H and O–H groups in total. The van der Waals surface area contributed by atoms with E-state index in [1.807, 2.05) is 24.3 Å². The van der Waals surface area contributed by atoms with Crippen LogP contribution in [0.4, 0.5) is 5.69 Å². The summed E-state index contributed by atoms with van der Waals surface area (Å²) in [6.07, 6.45) is 2.45. The van der Waals surface area contributed by atoms with E-state index in [9.17, 15) is 4.79 Å². The van der Waals surface area contributed by atoms with Crippen molar-refractivity contribution in [3.8, 4) is 5.75 Å². The molecule has 0 radical (unpaired) electrons. The van der Waals surface area contributed by atoms with Crippen molar-refractivity contribution in [2.75, 3.05) is 12.4 Å². The number of aryl methyl sites for hydroxylation is 1. The lowest BCUT2D eigenvalue weighted by Gasteiger charge is -2.10. The van der Waals surface area contributed by atoms with Gasteiger partial charge >= 0.3 is 0 Å². The second-order valence-electron chi connectivity index (χ2n) is 6.97. The number of carbonyl (C=O) groups excluding carboxylic acids is 1. The highest BCUT2D eigenvalue weighted by molar-refractivity contribution is 6.11. The number of aromatic nitrogens is 1. The molecule has 29 heavy (non-hydrogen) atoms. The van der Waals surface area contributed by atoms with E-state index in [0.717, 1.165) is 28.9 Å². The number of hydrogen-bond acceptors (Lipinski definition) is 2. The molecule has 4 rings (SSSR count). The Bertz CT molecular complexity index is 1220. The molecule has 0 fully saturated rings. The third-order valence-electron chi connectivity index (χ3n) is 5.25. The summed E-state index contributed by atoms with van der Waals surface area (Å²) in [5.74, 6) is 0.617. The second kappa shape index (κ2) is 7.84. The summed E-state index contributed by atoms with van der Waals surface area (Å²) in [4.78, 5) is 12.8. The van der Waals surface area contributed by atoms with Gasteiger partial charge in [0.15, 0.2) is 0 Å². The molecule has 1 heterocycles. The lowest BCUT2D eigenvalue weighted by Crippen LogP contribution is -2.12. The molecule has 3 aromatic carbocycles. The standard InChI is InChI=1S/C25H24N2O2/c1-4-8-17-15-18(11-14-24(17)29-3)25(28)26-19-12-13-23-21(16-19)20-9-6-7-10-22(20)27(23)5-2/h4,6-7,9-16H,1,5,8H2,2-3H3,(H,26,28). The number of nitrogens with zero attached hydrogens (tertiary/aromatic N) is 1. The number of amides is 1. The first kappa shape index (κ1) is 18.8. The largest absolute Gasteiger partial charge is 0.496 e.